The van der Waals surface area contributed by atoms with E-state index in [1.807, 2.05) is 32.9 Å². The van der Waals surface area contributed by atoms with Crippen LogP contribution in [-0.4, -0.2) is 28.8 Å². The molecule has 0 aromatic carbocycles. The Kier molecular flexibility index (Phi) is 5.51. The van der Waals surface area contributed by atoms with Gasteiger partial charge in [0.2, 0.25) is 0 Å². The SMILES string of the molecule is CC(C)(C)OC(=O)NC1CCC(Nc2cccnc2Cl)CC1. The highest BCUT2D eigenvalue weighted by atomic mass is 35.5. The van der Waals surface area contributed by atoms with Crippen molar-refractivity contribution in [2.24, 2.45) is 0 Å². The van der Waals surface area contributed by atoms with Gasteiger partial charge in [-0.25, -0.2) is 9.78 Å². The van der Waals surface area contributed by atoms with Gasteiger partial charge >= 0.3 is 6.09 Å². The maximum atomic E-state index is 11.8. The van der Waals surface area contributed by atoms with Crippen LogP contribution in [0.2, 0.25) is 5.15 Å². The van der Waals surface area contributed by atoms with E-state index >= 15 is 0 Å². The zero-order valence-corrected chi connectivity index (χ0v) is 14.1. The number of amides is 1. The van der Waals surface area contributed by atoms with Crippen LogP contribution in [-0.2, 0) is 4.74 Å². The lowest BCUT2D eigenvalue weighted by atomic mass is 9.91. The summed E-state index contributed by atoms with van der Waals surface area (Å²) >= 11 is 6.06. The van der Waals surface area contributed by atoms with Crippen LogP contribution in [0.25, 0.3) is 0 Å². The zero-order chi connectivity index (χ0) is 16.2. The molecule has 1 heterocycles. The van der Waals surface area contributed by atoms with Gasteiger partial charge in [0.15, 0.2) is 5.15 Å². The van der Waals surface area contributed by atoms with Crippen LogP contribution in [0.5, 0.6) is 0 Å². The van der Waals surface area contributed by atoms with Crippen molar-refractivity contribution in [3.63, 3.8) is 0 Å². The minimum atomic E-state index is -0.458. The third-order valence-electron chi connectivity index (χ3n) is 3.57. The molecule has 0 bridgehead atoms. The molecule has 2 rings (SSSR count). The Morgan fingerprint density at radius 3 is 2.50 bits per heavy atom. The molecule has 2 N–H and O–H groups in total. The summed E-state index contributed by atoms with van der Waals surface area (Å²) < 4.78 is 5.29. The van der Waals surface area contributed by atoms with E-state index in [0.29, 0.717) is 11.2 Å². The van der Waals surface area contributed by atoms with Crippen LogP contribution in [0.15, 0.2) is 18.3 Å². The van der Waals surface area contributed by atoms with Crippen LogP contribution in [0.3, 0.4) is 0 Å². The summed E-state index contributed by atoms with van der Waals surface area (Å²) in [6.07, 6.45) is 5.15. The molecule has 0 atom stereocenters. The summed E-state index contributed by atoms with van der Waals surface area (Å²) in [5.41, 5.74) is 0.410. The van der Waals surface area contributed by atoms with E-state index in [1.165, 1.54) is 0 Å². The summed E-state index contributed by atoms with van der Waals surface area (Å²) in [4.78, 5) is 15.8. The molecule has 22 heavy (non-hydrogen) atoms. The number of alkyl carbamates (subject to hydrolysis) is 1. The van der Waals surface area contributed by atoms with Gasteiger partial charge < -0.3 is 15.4 Å². The van der Waals surface area contributed by atoms with E-state index in [-0.39, 0.29) is 12.1 Å². The smallest absolute Gasteiger partial charge is 0.407 e. The Labute approximate surface area is 136 Å². The van der Waals surface area contributed by atoms with E-state index in [1.54, 1.807) is 6.20 Å². The molecule has 0 spiro atoms. The standard InChI is InChI=1S/C16H24ClN3O2/c1-16(2,3)22-15(21)20-12-8-6-11(7-9-12)19-13-5-4-10-18-14(13)17/h4-5,10-12,19H,6-9H2,1-3H3,(H,20,21). The Bertz CT molecular complexity index is 508. The molecule has 1 saturated carbocycles. The van der Waals surface area contributed by atoms with Gasteiger partial charge in [0.05, 0.1) is 5.69 Å². The van der Waals surface area contributed by atoms with Crippen molar-refractivity contribution in [1.82, 2.24) is 10.3 Å². The topological polar surface area (TPSA) is 63.2 Å². The molecule has 5 nitrogen and oxygen atoms in total. The predicted molar refractivity (Wildman–Crippen MR) is 88.3 cm³/mol. The first-order valence-electron chi connectivity index (χ1n) is 7.70. The molecule has 1 aliphatic rings. The highest BCUT2D eigenvalue weighted by molar-refractivity contribution is 6.31. The highest BCUT2D eigenvalue weighted by Crippen LogP contribution is 2.25. The van der Waals surface area contributed by atoms with Gasteiger partial charge in [-0.05, 0) is 58.6 Å². The van der Waals surface area contributed by atoms with Crippen molar-refractivity contribution in [2.75, 3.05) is 5.32 Å². The van der Waals surface area contributed by atoms with Crippen molar-refractivity contribution < 1.29 is 9.53 Å². The number of pyridine rings is 1. The molecule has 1 aromatic rings. The van der Waals surface area contributed by atoms with Crippen LogP contribution in [0.4, 0.5) is 10.5 Å². The number of hydrogen-bond acceptors (Lipinski definition) is 4. The Morgan fingerprint density at radius 2 is 1.91 bits per heavy atom. The van der Waals surface area contributed by atoms with Gasteiger partial charge in [0.25, 0.3) is 0 Å². The summed E-state index contributed by atoms with van der Waals surface area (Å²) in [5.74, 6) is 0. The van der Waals surface area contributed by atoms with Gasteiger partial charge in [-0.1, -0.05) is 11.6 Å². The summed E-state index contributed by atoms with van der Waals surface area (Å²) in [6, 6.07) is 4.33. The average molecular weight is 326 g/mol. The molecule has 1 aliphatic carbocycles. The summed E-state index contributed by atoms with van der Waals surface area (Å²) in [7, 11) is 0. The van der Waals surface area contributed by atoms with Crippen molar-refractivity contribution in [2.45, 2.75) is 64.1 Å². The van der Waals surface area contributed by atoms with Gasteiger partial charge in [-0.15, -0.1) is 0 Å². The molecule has 0 aliphatic heterocycles. The second-order valence-electron chi connectivity index (χ2n) is 6.68. The van der Waals surface area contributed by atoms with Crippen molar-refractivity contribution in [3.05, 3.63) is 23.5 Å². The Hall–Kier alpha value is -1.49. The fraction of sp³-hybridized carbons (Fsp3) is 0.625. The quantitative estimate of drug-likeness (QED) is 0.825. The number of rotatable bonds is 3. The maximum Gasteiger partial charge on any atom is 0.407 e. The molecule has 0 saturated heterocycles. The minimum Gasteiger partial charge on any atom is -0.444 e. The fourth-order valence-corrected chi connectivity index (χ4v) is 2.74. The molecule has 1 amide bonds. The van der Waals surface area contributed by atoms with E-state index in [9.17, 15) is 4.79 Å². The number of halogens is 1. The lowest BCUT2D eigenvalue weighted by Gasteiger charge is -2.31. The minimum absolute atomic E-state index is 0.178. The monoisotopic (exact) mass is 325 g/mol. The third-order valence-corrected chi connectivity index (χ3v) is 3.87. The number of nitrogens with zero attached hydrogens (tertiary/aromatic N) is 1. The summed E-state index contributed by atoms with van der Waals surface area (Å²) in [5, 5.41) is 6.86. The lowest BCUT2D eigenvalue weighted by Crippen LogP contribution is -2.42. The Morgan fingerprint density at radius 1 is 1.27 bits per heavy atom. The number of ether oxygens (including phenoxy) is 1. The van der Waals surface area contributed by atoms with Crippen LogP contribution < -0.4 is 10.6 Å². The molecule has 1 aromatic heterocycles. The molecular weight excluding hydrogens is 302 g/mol. The van der Waals surface area contributed by atoms with E-state index in [0.717, 1.165) is 31.4 Å². The predicted octanol–water partition coefficient (Wildman–Crippen LogP) is 3.98. The van der Waals surface area contributed by atoms with Crippen LogP contribution >= 0.6 is 11.6 Å². The Balaban J connectivity index is 1.76. The van der Waals surface area contributed by atoms with Gasteiger partial charge in [-0.3, -0.25) is 0 Å². The van der Waals surface area contributed by atoms with Crippen molar-refractivity contribution in [3.8, 4) is 0 Å². The van der Waals surface area contributed by atoms with Crippen LogP contribution in [0.1, 0.15) is 46.5 Å². The summed E-state index contributed by atoms with van der Waals surface area (Å²) in [6.45, 7) is 5.60. The number of nitrogens with one attached hydrogen (secondary N) is 2. The largest absolute Gasteiger partial charge is 0.444 e. The van der Waals surface area contributed by atoms with Gasteiger partial charge in [0.1, 0.15) is 5.60 Å². The molecule has 0 unspecified atom stereocenters. The lowest BCUT2D eigenvalue weighted by molar-refractivity contribution is 0.0492. The maximum absolute atomic E-state index is 11.8. The van der Waals surface area contributed by atoms with Crippen LogP contribution in [0, 0.1) is 0 Å². The first-order chi connectivity index (χ1) is 10.3. The number of carbonyl (C=O) groups is 1. The third kappa shape index (κ3) is 5.37. The molecular formula is C16H24ClN3O2. The average Bonchev–Trinajstić information content (AvgIpc) is 2.41. The molecule has 122 valence electrons. The van der Waals surface area contributed by atoms with E-state index in [4.69, 9.17) is 16.3 Å². The second kappa shape index (κ2) is 7.18. The number of carbonyl (C=O) groups excluding carboxylic acids is 1. The van der Waals surface area contributed by atoms with Gasteiger partial charge in [-0.2, -0.15) is 0 Å². The zero-order valence-electron chi connectivity index (χ0n) is 13.4. The highest BCUT2D eigenvalue weighted by Gasteiger charge is 2.25. The molecule has 0 radical (unpaired) electrons. The van der Waals surface area contributed by atoms with E-state index in [2.05, 4.69) is 15.6 Å². The van der Waals surface area contributed by atoms with Crippen molar-refractivity contribution in [1.29, 1.82) is 0 Å². The number of aromatic nitrogens is 1. The first-order valence-corrected chi connectivity index (χ1v) is 8.08. The normalized spacial score (nSPS) is 22.0. The number of hydrogen-bond donors (Lipinski definition) is 2. The fourth-order valence-electron chi connectivity index (χ4n) is 2.57. The molecule has 6 heteroatoms. The second-order valence-corrected chi connectivity index (χ2v) is 7.04. The number of anilines is 1. The van der Waals surface area contributed by atoms with E-state index < -0.39 is 5.60 Å². The van der Waals surface area contributed by atoms with Gasteiger partial charge in [0, 0.05) is 18.3 Å². The van der Waals surface area contributed by atoms with Crippen molar-refractivity contribution >= 4 is 23.4 Å². The molecule has 1 fully saturated rings. The first kappa shape index (κ1) is 16.9.